The van der Waals surface area contributed by atoms with Gasteiger partial charge >= 0.3 is 0 Å². The summed E-state index contributed by atoms with van der Waals surface area (Å²) in [6.07, 6.45) is 7.43. The van der Waals surface area contributed by atoms with E-state index in [2.05, 4.69) is 50.7 Å². The topological polar surface area (TPSA) is 46.3 Å². The second-order valence-corrected chi connectivity index (χ2v) is 7.51. The molecular weight excluding hydrogens is 318 g/mol. The quantitative estimate of drug-likeness (QED) is 0.686. The van der Waals surface area contributed by atoms with Crippen LogP contribution >= 0.6 is 11.8 Å². The van der Waals surface area contributed by atoms with Crippen molar-refractivity contribution >= 4 is 23.1 Å². The molecule has 0 saturated heterocycles. The molecule has 0 atom stereocenters. The van der Waals surface area contributed by atoms with Crippen LogP contribution in [0.5, 0.6) is 0 Å². The monoisotopic (exact) mass is 337 g/mol. The van der Waals surface area contributed by atoms with E-state index < -0.39 is 0 Å². The summed E-state index contributed by atoms with van der Waals surface area (Å²) >= 11 is 1.81. The van der Waals surface area contributed by atoms with Gasteiger partial charge in [0.25, 0.3) is 0 Å². The molecule has 5 nitrogen and oxygen atoms in total. The molecule has 0 unspecified atom stereocenters. The Balaban J connectivity index is 1.54. The summed E-state index contributed by atoms with van der Waals surface area (Å²) in [7, 11) is 0. The Bertz CT molecular complexity index is 915. The van der Waals surface area contributed by atoms with Crippen molar-refractivity contribution in [1.29, 1.82) is 0 Å². The second-order valence-electron chi connectivity index (χ2n) is 6.63. The van der Waals surface area contributed by atoms with Crippen molar-refractivity contribution in [2.24, 2.45) is 0 Å². The summed E-state index contributed by atoms with van der Waals surface area (Å²) in [6, 6.07) is 9.08. The fourth-order valence-corrected chi connectivity index (χ4v) is 3.97. The first-order valence-corrected chi connectivity index (χ1v) is 9.66. The lowest BCUT2D eigenvalue weighted by Crippen LogP contribution is -2.31. The van der Waals surface area contributed by atoms with Crippen LogP contribution < -0.4 is 4.90 Å². The first-order valence-electron chi connectivity index (χ1n) is 8.43. The minimum Gasteiger partial charge on any atom is -0.364 e. The molecule has 1 saturated carbocycles. The zero-order valence-corrected chi connectivity index (χ0v) is 14.5. The van der Waals surface area contributed by atoms with Crippen molar-refractivity contribution in [3.05, 3.63) is 47.4 Å². The molecule has 2 aromatic heterocycles. The zero-order chi connectivity index (χ0) is 16.1. The number of nitrogens with zero attached hydrogens (tertiary/aromatic N) is 5. The number of benzene rings is 1. The van der Waals surface area contributed by atoms with Crippen molar-refractivity contribution in [3.8, 4) is 0 Å². The number of hydrogen-bond acceptors (Lipinski definition) is 5. The lowest BCUT2D eigenvalue weighted by molar-refractivity contribution is 0.723. The van der Waals surface area contributed by atoms with Crippen molar-refractivity contribution in [2.75, 3.05) is 17.7 Å². The van der Waals surface area contributed by atoms with Crippen LogP contribution in [0.2, 0.25) is 0 Å². The number of anilines is 1. The maximum atomic E-state index is 4.68. The molecule has 24 heavy (non-hydrogen) atoms. The molecule has 0 amide bonds. The average Bonchev–Trinajstić information content (AvgIpc) is 3.37. The largest absolute Gasteiger partial charge is 0.364 e. The van der Waals surface area contributed by atoms with E-state index in [0.717, 1.165) is 25.2 Å². The third kappa shape index (κ3) is 2.36. The normalized spacial score (nSPS) is 17.3. The molecule has 6 heteroatoms. The Morgan fingerprint density at radius 2 is 2.08 bits per heavy atom. The Labute approximate surface area is 145 Å². The van der Waals surface area contributed by atoms with Crippen LogP contribution in [-0.4, -0.2) is 32.6 Å². The molecule has 3 aromatic rings. The van der Waals surface area contributed by atoms with Gasteiger partial charge in [0.2, 0.25) is 5.65 Å². The van der Waals surface area contributed by atoms with Crippen LogP contribution in [-0.2, 0) is 13.0 Å². The van der Waals surface area contributed by atoms with Gasteiger partial charge in [-0.2, -0.15) is 9.61 Å². The van der Waals surface area contributed by atoms with Gasteiger partial charge in [0.05, 0.1) is 11.4 Å². The Morgan fingerprint density at radius 1 is 1.17 bits per heavy atom. The molecule has 5 rings (SSSR count). The molecule has 3 heterocycles. The van der Waals surface area contributed by atoms with E-state index in [-0.39, 0.29) is 0 Å². The molecule has 0 spiro atoms. The van der Waals surface area contributed by atoms with Crippen LogP contribution in [0, 0.1) is 0 Å². The molecule has 2 aliphatic rings. The zero-order valence-electron chi connectivity index (χ0n) is 13.6. The van der Waals surface area contributed by atoms with Gasteiger partial charge in [-0.05, 0) is 54.8 Å². The van der Waals surface area contributed by atoms with E-state index >= 15 is 0 Å². The van der Waals surface area contributed by atoms with Gasteiger partial charge in [0.1, 0.15) is 6.33 Å². The summed E-state index contributed by atoms with van der Waals surface area (Å²) in [4.78, 5) is 3.78. The van der Waals surface area contributed by atoms with E-state index in [1.807, 2.05) is 16.3 Å². The molecule has 122 valence electrons. The Hall–Kier alpha value is -2.08. The third-order valence-corrected chi connectivity index (χ3v) is 5.75. The highest BCUT2D eigenvalue weighted by atomic mass is 32.2. The number of fused-ring (bicyclic) bond motifs is 2. The third-order valence-electron chi connectivity index (χ3n) is 5.03. The van der Waals surface area contributed by atoms with Crippen LogP contribution in [0.3, 0.4) is 0 Å². The molecular formula is C18H19N5S. The van der Waals surface area contributed by atoms with Crippen LogP contribution in [0.4, 0.5) is 5.69 Å². The summed E-state index contributed by atoms with van der Waals surface area (Å²) < 4.78 is 1.84. The number of hydrogen-bond donors (Lipinski definition) is 0. The van der Waals surface area contributed by atoms with Gasteiger partial charge in [-0.25, -0.2) is 0 Å². The van der Waals surface area contributed by atoms with E-state index in [1.165, 1.54) is 40.2 Å². The molecule has 0 bridgehead atoms. The predicted molar refractivity (Wildman–Crippen MR) is 95.7 cm³/mol. The minimum absolute atomic E-state index is 0.622. The van der Waals surface area contributed by atoms with Crippen LogP contribution in [0.1, 0.15) is 35.6 Å². The van der Waals surface area contributed by atoms with Crippen molar-refractivity contribution in [1.82, 2.24) is 19.8 Å². The molecule has 1 aliphatic heterocycles. The number of rotatable bonds is 3. The van der Waals surface area contributed by atoms with Crippen molar-refractivity contribution < 1.29 is 0 Å². The summed E-state index contributed by atoms with van der Waals surface area (Å²) in [5.74, 6) is 0.622. The highest BCUT2D eigenvalue weighted by Gasteiger charge is 2.28. The lowest BCUT2D eigenvalue weighted by atomic mass is 9.99. The number of aromatic nitrogens is 4. The van der Waals surface area contributed by atoms with Gasteiger partial charge in [-0.1, -0.05) is 6.07 Å². The Kier molecular flexibility index (Phi) is 3.26. The van der Waals surface area contributed by atoms with E-state index in [9.17, 15) is 0 Å². The average molecular weight is 337 g/mol. The van der Waals surface area contributed by atoms with Crippen molar-refractivity contribution in [2.45, 2.75) is 36.6 Å². The van der Waals surface area contributed by atoms with Gasteiger partial charge in [0, 0.05) is 23.9 Å². The second kappa shape index (κ2) is 5.48. The highest BCUT2D eigenvalue weighted by molar-refractivity contribution is 7.98. The maximum Gasteiger partial charge on any atom is 0.200 e. The SMILES string of the molecule is CSc1ccc2c(c1)CCN(c1cc(C3CC3)nn3cnnc13)C2. The van der Waals surface area contributed by atoms with Gasteiger partial charge in [-0.15, -0.1) is 22.0 Å². The lowest BCUT2D eigenvalue weighted by Gasteiger charge is -2.31. The van der Waals surface area contributed by atoms with E-state index in [4.69, 9.17) is 0 Å². The fraction of sp³-hybridized carbons (Fsp3) is 0.389. The molecule has 1 fully saturated rings. The standard InChI is InChI=1S/C18H19N5S/c1-24-15-5-4-14-10-22(7-6-13(14)8-15)17-9-16(12-2-3-12)21-23-11-19-20-18(17)23/h4-5,8-9,11-12H,2-3,6-7,10H2,1H3. The summed E-state index contributed by atoms with van der Waals surface area (Å²) in [5.41, 5.74) is 6.11. The first kappa shape index (κ1) is 14.3. The van der Waals surface area contributed by atoms with E-state index in [0.29, 0.717) is 5.92 Å². The highest BCUT2D eigenvalue weighted by Crippen LogP contribution is 2.40. The van der Waals surface area contributed by atoms with Gasteiger partial charge < -0.3 is 4.90 Å². The number of thioether (sulfide) groups is 1. The summed E-state index contributed by atoms with van der Waals surface area (Å²) in [6.45, 7) is 1.95. The first-order chi connectivity index (χ1) is 11.8. The molecule has 1 aromatic carbocycles. The summed E-state index contributed by atoms with van der Waals surface area (Å²) in [5, 5.41) is 13.1. The maximum absolute atomic E-state index is 4.68. The van der Waals surface area contributed by atoms with Crippen LogP contribution in [0.15, 0.2) is 35.5 Å². The Morgan fingerprint density at radius 3 is 2.92 bits per heavy atom. The molecule has 1 aliphatic carbocycles. The van der Waals surface area contributed by atoms with Gasteiger partial charge in [0.15, 0.2) is 0 Å². The predicted octanol–water partition coefficient (Wildman–Crippen LogP) is 3.29. The van der Waals surface area contributed by atoms with Gasteiger partial charge in [-0.3, -0.25) is 0 Å². The smallest absolute Gasteiger partial charge is 0.200 e. The van der Waals surface area contributed by atoms with Crippen molar-refractivity contribution in [3.63, 3.8) is 0 Å². The minimum atomic E-state index is 0.622. The van der Waals surface area contributed by atoms with E-state index in [1.54, 1.807) is 6.33 Å². The molecule has 0 N–H and O–H groups in total. The molecule has 0 radical (unpaired) electrons. The van der Waals surface area contributed by atoms with Crippen LogP contribution in [0.25, 0.3) is 5.65 Å². The fourth-order valence-electron chi connectivity index (χ4n) is 3.50.